The molecule has 172 valence electrons. The molecule has 0 spiro atoms. The summed E-state index contributed by atoms with van der Waals surface area (Å²) in [7, 11) is 3.17. The number of likely N-dealkylation sites (tertiary alicyclic amines) is 1. The number of aromatic amines is 1. The number of nitrogens with two attached hydrogens (primary N) is 1. The summed E-state index contributed by atoms with van der Waals surface area (Å²) in [5.41, 5.74) is 6.54. The Balaban J connectivity index is 0.00000341. The van der Waals surface area contributed by atoms with Crippen molar-refractivity contribution in [3.8, 4) is 5.75 Å². The third kappa shape index (κ3) is 6.71. The van der Waals surface area contributed by atoms with Gasteiger partial charge in [-0.2, -0.15) is 5.10 Å². The van der Waals surface area contributed by atoms with E-state index in [0.29, 0.717) is 22.0 Å². The molecule has 0 radical (unpaired) electrons. The summed E-state index contributed by atoms with van der Waals surface area (Å²) in [5.74, 6) is 1.10. The number of thioether (sulfide) groups is 1. The molecule has 1 aromatic carbocycles. The lowest BCUT2D eigenvalue weighted by atomic mass is 10.0. The van der Waals surface area contributed by atoms with Gasteiger partial charge >= 0.3 is 0 Å². The Bertz CT molecular complexity index is 841. The van der Waals surface area contributed by atoms with E-state index in [-0.39, 0.29) is 23.5 Å². The van der Waals surface area contributed by atoms with E-state index in [1.54, 1.807) is 24.9 Å². The summed E-state index contributed by atoms with van der Waals surface area (Å²) >= 11 is 7.75. The molecule has 0 saturated carbocycles. The highest BCUT2D eigenvalue weighted by atomic mass is 35.5. The number of nitrogens with one attached hydrogen (secondary N) is 2. The van der Waals surface area contributed by atoms with E-state index in [4.69, 9.17) is 26.8 Å². The fraction of sp³-hybridized carbons (Fsp3) is 0.526. The van der Waals surface area contributed by atoms with Crippen molar-refractivity contribution in [2.45, 2.75) is 30.1 Å². The molecule has 2 aromatic rings. The average molecular weight is 473 g/mol. The Kier molecular flexibility index (Phi) is 9.85. The molecule has 2 atom stereocenters. The summed E-state index contributed by atoms with van der Waals surface area (Å²) in [6.07, 6.45) is 3.24. The number of rotatable bonds is 9. The molecule has 1 aliphatic rings. The Hall–Kier alpha value is -2.05. The first kappa shape index (κ1) is 25.2. The van der Waals surface area contributed by atoms with Crippen molar-refractivity contribution < 1.29 is 19.7 Å². The molecule has 1 fully saturated rings. The Morgan fingerprint density at radius 1 is 1.45 bits per heavy atom. The van der Waals surface area contributed by atoms with Crippen LogP contribution in [0.2, 0.25) is 5.02 Å². The van der Waals surface area contributed by atoms with Gasteiger partial charge in [0.2, 0.25) is 0 Å². The van der Waals surface area contributed by atoms with Gasteiger partial charge in [-0.3, -0.25) is 9.89 Å². The van der Waals surface area contributed by atoms with Crippen molar-refractivity contribution in [2.24, 2.45) is 0 Å². The van der Waals surface area contributed by atoms with Crippen LogP contribution in [0.1, 0.15) is 23.2 Å². The minimum absolute atomic E-state index is 0. The first-order valence-corrected chi connectivity index (χ1v) is 11.0. The molecule has 0 aliphatic carbocycles. The molecule has 6 N–H and O–H groups in total. The number of halogens is 1. The lowest BCUT2D eigenvalue weighted by molar-refractivity contribution is 0.00655. The highest BCUT2D eigenvalue weighted by Gasteiger charge is 2.31. The largest absolute Gasteiger partial charge is 0.496 e. The van der Waals surface area contributed by atoms with Crippen LogP contribution in [0.4, 0.5) is 5.69 Å². The van der Waals surface area contributed by atoms with Gasteiger partial charge in [-0.15, -0.1) is 0 Å². The monoisotopic (exact) mass is 472 g/mol. The molecule has 1 aliphatic heterocycles. The SMILES string of the molecule is COc1cc(N)c(Cl)cc1C(=O)NC1CCN(CCCSc2ncn[nH]2)CC1OC.O. The highest BCUT2D eigenvalue weighted by Crippen LogP contribution is 2.29. The van der Waals surface area contributed by atoms with Crippen LogP contribution in [0.3, 0.4) is 0 Å². The number of hydrogen-bond acceptors (Lipinski definition) is 8. The number of ether oxygens (including phenoxy) is 2. The van der Waals surface area contributed by atoms with Gasteiger partial charge in [0.15, 0.2) is 5.16 Å². The minimum Gasteiger partial charge on any atom is -0.496 e. The third-order valence-electron chi connectivity index (χ3n) is 5.08. The summed E-state index contributed by atoms with van der Waals surface area (Å²) < 4.78 is 11.0. The van der Waals surface area contributed by atoms with Crippen LogP contribution in [0.25, 0.3) is 0 Å². The molecule has 2 heterocycles. The van der Waals surface area contributed by atoms with Crippen LogP contribution in [-0.2, 0) is 4.74 Å². The molecular weight excluding hydrogens is 444 g/mol. The number of carbonyl (C=O) groups excluding carboxylic acids is 1. The number of aromatic nitrogens is 3. The molecule has 2 unspecified atom stereocenters. The molecule has 10 nitrogen and oxygen atoms in total. The topological polar surface area (TPSA) is 150 Å². The zero-order chi connectivity index (χ0) is 21.5. The Labute approximate surface area is 190 Å². The van der Waals surface area contributed by atoms with Gasteiger partial charge in [-0.05, 0) is 25.5 Å². The van der Waals surface area contributed by atoms with Crippen molar-refractivity contribution in [3.05, 3.63) is 29.0 Å². The van der Waals surface area contributed by atoms with Gasteiger partial charge in [-0.1, -0.05) is 23.4 Å². The zero-order valence-corrected chi connectivity index (χ0v) is 19.1. The Morgan fingerprint density at radius 2 is 2.26 bits per heavy atom. The average Bonchev–Trinajstić information content (AvgIpc) is 3.27. The second-order valence-corrected chi connectivity index (χ2v) is 8.50. The fourth-order valence-electron chi connectivity index (χ4n) is 3.47. The molecule has 31 heavy (non-hydrogen) atoms. The lowest BCUT2D eigenvalue weighted by Crippen LogP contribution is -2.55. The number of anilines is 1. The van der Waals surface area contributed by atoms with E-state index in [0.717, 1.165) is 43.4 Å². The number of methoxy groups -OCH3 is 2. The van der Waals surface area contributed by atoms with Crippen molar-refractivity contribution in [1.29, 1.82) is 0 Å². The van der Waals surface area contributed by atoms with Crippen LogP contribution in [-0.4, -0.2) is 83.2 Å². The van der Waals surface area contributed by atoms with Crippen LogP contribution in [0, 0.1) is 0 Å². The van der Waals surface area contributed by atoms with Gasteiger partial charge in [0.25, 0.3) is 5.91 Å². The predicted octanol–water partition coefficient (Wildman–Crippen LogP) is 1.23. The lowest BCUT2D eigenvalue weighted by Gasteiger charge is -2.38. The summed E-state index contributed by atoms with van der Waals surface area (Å²) in [6, 6.07) is 3.00. The van der Waals surface area contributed by atoms with Gasteiger partial charge in [-0.25, -0.2) is 4.98 Å². The van der Waals surface area contributed by atoms with Crippen LogP contribution >= 0.6 is 23.4 Å². The molecule has 1 amide bonds. The molecule has 0 bridgehead atoms. The first-order chi connectivity index (χ1) is 14.5. The maximum Gasteiger partial charge on any atom is 0.255 e. The van der Waals surface area contributed by atoms with Crippen LogP contribution in [0.15, 0.2) is 23.6 Å². The second kappa shape index (κ2) is 12.1. The van der Waals surface area contributed by atoms with Crippen molar-refractivity contribution in [1.82, 2.24) is 25.4 Å². The van der Waals surface area contributed by atoms with E-state index in [2.05, 4.69) is 25.4 Å². The maximum absolute atomic E-state index is 12.8. The molecule has 3 rings (SSSR count). The molecule has 1 saturated heterocycles. The third-order valence-corrected chi connectivity index (χ3v) is 6.37. The summed E-state index contributed by atoms with van der Waals surface area (Å²) in [4.78, 5) is 19.3. The number of hydrogen-bond donors (Lipinski definition) is 3. The van der Waals surface area contributed by atoms with E-state index >= 15 is 0 Å². The predicted molar refractivity (Wildman–Crippen MR) is 121 cm³/mol. The van der Waals surface area contributed by atoms with E-state index in [1.807, 2.05) is 0 Å². The second-order valence-electron chi connectivity index (χ2n) is 7.01. The molecular formula is C19H29ClN6O4S. The fourth-order valence-corrected chi connectivity index (χ4v) is 4.34. The quantitative estimate of drug-likeness (QED) is 0.280. The van der Waals surface area contributed by atoms with Crippen LogP contribution < -0.4 is 15.8 Å². The number of piperidine rings is 1. The number of amides is 1. The van der Waals surface area contributed by atoms with Crippen molar-refractivity contribution in [2.75, 3.05) is 45.3 Å². The van der Waals surface area contributed by atoms with Crippen molar-refractivity contribution >= 4 is 35.0 Å². The standard InChI is InChI=1S/C19H27ClN6O3S.H2O/c1-28-16-9-14(21)13(20)8-12(16)18(27)24-15-4-6-26(10-17(15)29-2)5-3-7-30-19-22-11-23-25-19;/h8-9,11,15,17H,3-7,10,21H2,1-2H3,(H,24,27)(H,22,23,25);1H2. The molecule has 12 heteroatoms. The molecule has 1 aromatic heterocycles. The van der Waals surface area contributed by atoms with Gasteiger partial charge < -0.3 is 30.9 Å². The van der Waals surface area contributed by atoms with Gasteiger partial charge in [0, 0.05) is 32.0 Å². The minimum atomic E-state index is -0.252. The number of H-pyrrole nitrogens is 1. The number of nitrogens with zero attached hydrogens (tertiary/aromatic N) is 3. The van der Waals surface area contributed by atoms with Gasteiger partial charge in [0.05, 0.1) is 35.5 Å². The van der Waals surface area contributed by atoms with Crippen molar-refractivity contribution in [3.63, 3.8) is 0 Å². The van der Waals surface area contributed by atoms with E-state index < -0.39 is 0 Å². The zero-order valence-electron chi connectivity index (χ0n) is 17.6. The number of nitrogen functional groups attached to an aromatic ring is 1. The maximum atomic E-state index is 12.8. The highest BCUT2D eigenvalue weighted by molar-refractivity contribution is 7.99. The number of benzene rings is 1. The normalized spacial score (nSPS) is 18.9. The van der Waals surface area contributed by atoms with Crippen LogP contribution in [0.5, 0.6) is 5.75 Å². The van der Waals surface area contributed by atoms with E-state index in [1.165, 1.54) is 19.5 Å². The summed E-state index contributed by atoms with van der Waals surface area (Å²) in [6.45, 7) is 2.61. The number of carbonyl (C=O) groups is 1. The summed E-state index contributed by atoms with van der Waals surface area (Å²) in [5, 5.41) is 10.9. The Morgan fingerprint density at radius 3 is 2.94 bits per heavy atom. The van der Waals surface area contributed by atoms with Gasteiger partial charge in [0.1, 0.15) is 12.1 Å². The van der Waals surface area contributed by atoms with E-state index in [9.17, 15) is 4.79 Å². The smallest absolute Gasteiger partial charge is 0.255 e. The first-order valence-electron chi connectivity index (χ1n) is 9.69.